The smallest absolute Gasteiger partial charge is 0.143 e. The number of aromatic nitrogens is 1. The third-order valence-electron chi connectivity index (χ3n) is 2.98. The SMILES string of the molecule is Cc1ccc(C(C)Nc2cncc(F)c2)c(C)c1. The van der Waals surface area contributed by atoms with E-state index >= 15 is 0 Å². The molecule has 0 saturated heterocycles. The number of nitrogens with zero attached hydrogens (tertiary/aromatic N) is 1. The van der Waals surface area contributed by atoms with Crippen LogP contribution < -0.4 is 5.32 Å². The summed E-state index contributed by atoms with van der Waals surface area (Å²) in [4.78, 5) is 3.83. The van der Waals surface area contributed by atoms with Gasteiger partial charge >= 0.3 is 0 Å². The number of benzene rings is 1. The Morgan fingerprint density at radius 2 is 1.94 bits per heavy atom. The molecule has 3 heteroatoms. The number of rotatable bonds is 3. The fourth-order valence-electron chi connectivity index (χ4n) is 2.13. The molecule has 0 amide bonds. The Morgan fingerprint density at radius 1 is 1.17 bits per heavy atom. The van der Waals surface area contributed by atoms with Gasteiger partial charge in [0, 0.05) is 12.1 Å². The fourth-order valence-corrected chi connectivity index (χ4v) is 2.13. The van der Waals surface area contributed by atoms with Crippen LogP contribution in [0.2, 0.25) is 0 Å². The molecule has 1 N–H and O–H groups in total. The lowest BCUT2D eigenvalue weighted by Gasteiger charge is -2.18. The van der Waals surface area contributed by atoms with Crippen molar-refractivity contribution in [2.24, 2.45) is 0 Å². The van der Waals surface area contributed by atoms with Gasteiger partial charge in [0.2, 0.25) is 0 Å². The maximum Gasteiger partial charge on any atom is 0.143 e. The van der Waals surface area contributed by atoms with Crippen LogP contribution in [0.5, 0.6) is 0 Å². The summed E-state index contributed by atoms with van der Waals surface area (Å²) in [5.74, 6) is -0.326. The molecule has 0 aliphatic rings. The van der Waals surface area contributed by atoms with Gasteiger partial charge in [0.05, 0.1) is 18.1 Å². The van der Waals surface area contributed by atoms with E-state index in [1.807, 2.05) is 0 Å². The van der Waals surface area contributed by atoms with Crippen molar-refractivity contribution in [3.8, 4) is 0 Å². The van der Waals surface area contributed by atoms with Crippen LogP contribution in [0.15, 0.2) is 36.7 Å². The van der Waals surface area contributed by atoms with E-state index in [0.717, 1.165) is 0 Å². The zero-order valence-corrected chi connectivity index (χ0v) is 10.9. The van der Waals surface area contributed by atoms with Crippen molar-refractivity contribution in [2.75, 3.05) is 5.32 Å². The van der Waals surface area contributed by atoms with Crippen LogP contribution in [0, 0.1) is 19.7 Å². The molecule has 2 rings (SSSR count). The van der Waals surface area contributed by atoms with E-state index in [2.05, 4.69) is 49.3 Å². The summed E-state index contributed by atoms with van der Waals surface area (Å²) in [6.45, 7) is 6.22. The largest absolute Gasteiger partial charge is 0.377 e. The molecule has 0 radical (unpaired) electrons. The number of hydrogen-bond acceptors (Lipinski definition) is 2. The second kappa shape index (κ2) is 5.17. The van der Waals surface area contributed by atoms with Gasteiger partial charge in [0.15, 0.2) is 0 Å². The first-order valence-corrected chi connectivity index (χ1v) is 6.00. The van der Waals surface area contributed by atoms with Gasteiger partial charge in [-0.2, -0.15) is 0 Å². The van der Waals surface area contributed by atoms with Crippen LogP contribution in [0.3, 0.4) is 0 Å². The number of aryl methyl sites for hydroxylation is 2. The molecular formula is C15H17FN2. The predicted molar refractivity (Wildman–Crippen MR) is 72.1 cm³/mol. The molecule has 1 aromatic heterocycles. The predicted octanol–water partition coefficient (Wildman–Crippen LogP) is 4.01. The van der Waals surface area contributed by atoms with Crippen LogP contribution in [0.4, 0.5) is 10.1 Å². The Kier molecular flexibility index (Phi) is 3.60. The molecular weight excluding hydrogens is 227 g/mol. The molecule has 0 aliphatic carbocycles. The molecule has 0 saturated carbocycles. The van der Waals surface area contributed by atoms with Crippen LogP contribution in [-0.2, 0) is 0 Å². The third-order valence-corrected chi connectivity index (χ3v) is 2.98. The quantitative estimate of drug-likeness (QED) is 0.882. The van der Waals surface area contributed by atoms with E-state index in [0.29, 0.717) is 5.69 Å². The number of pyridine rings is 1. The molecule has 18 heavy (non-hydrogen) atoms. The van der Waals surface area contributed by atoms with E-state index in [9.17, 15) is 4.39 Å². The molecule has 0 bridgehead atoms. The normalized spacial score (nSPS) is 12.2. The lowest BCUT2D eigenvalue weighted by atomic mass is 10.0. The minimum atomic E-state index is -0.326. The first-order chi connectivity index (χ1) is 8.56. The maximum atomic E-state index is 13.0. The highest BCUT2D eigenvalue weighted by atomic mass is 19.1. The standard InChI is InChI=1S/C15H17FN2/c1-10-4-5-15(11(2)6-10)12(3)18-14-7-13(16)8-17-9-14/h4-9,12,18H,1-3H3. The molecule has 2 nitrogen and oxygen atoms in total. The monoisotopic (exact) mass is 244 g/mol. The first kappa shape index (κ1) is 12.6. The average Bonchev–Trinajstić information content (AvgIpc) is 2.28. The number of halogens is 1. The number of hydrogen-bond donors (Lipinski definition) is 1. The van der Waals surface area contributed by atoms with E-state index in [1.54, 1.807) is 6.20 Å². The Balaban J connectivity index is 2.19. The topological polar surface area (TPSA) is 24.9 Å². The van der Waals surface area contributed by atoms with E-state index in [-0.39, 0.29) is 11.9 Å². The third kappa shape index (κ3) is 2.86. The maximum absolute atomic E-state index is 13.0. The lowest BCUT2D eigenvalue weighted by molar-refractivity contribution is 0.621. The zero-order valence-electron chi connectivity index (χ0n) is 10.9. The molecule has 2 aromatic rings. The molecule has 1 aromatic carbocycles. The van der Waals surface area contributed by atoms with Crippen LogP contribution in [0.25, 0.3) is 0 Å². The summed E-state index contributed by atoms with van der Waals surface area (Å²) in [6.07, 6.45) is 2.83. The van der Waals surface area contributed by atoms with Gasteiger partial charge in [-0.3, -0.25) is 4.98 Å². The van der Waals surface area contributed by atoms with Crippen LogP contribution in [0.1, 0.15) is 29.7 Å². The molecule has 0 fully saturated rings. The van der Waals surface area contributed by atoms with Gasteiger partial charge in [0.1, 0.15) is 5.82 Å². The van der Waals surface area contributed by atoms with Crippen molar-refractivity contribution in [1.82, 2.24) is 4.98 Å². The fraction of sp³-hybridized carbons (Fsp3) is 0.267. The molecule has 0 aliphatic heterocycles. The summed E-state index contributed by atoms with van der Waals surface area (Å²) in [5, 5.41) is 3.26. The highest BCUT2D eigenvalue weighted by Crippen LogP contribution is 2.22. The molecule has 1 atom stereocenters. The summed E-state index contributed by atoms with van der Waals surface area (Å²) >= 11 is 0. The molecule has 94 valence electrons. The van der Waals surface area contributed by atoms with Crippen molar-refractivity contribution < 1.29 is 4.39 Å². The van der Waals surface area contributed by atoms with Gasteiger partial charge in [-0.15, -0.1) is 0 Å². The van der Waals surface area contributed by atoms with E-state index < -0.39 is 0 Å². The molecule has 0 spiro atoms. The summed E-state index contributed by atoms with van der Waals surface area (Å²) < 4.78 is 13.0. The van der Waals surface area contributed by atoms with Gasteiger partial charge in [-0.25, -0.2) is 4.39 Å². The minimum absolute atomic E-state index is 0.120. The molecule has 1 unspecified atom stereocenters. The van der Waals surface area contributed by atoms with E-state index in [1.165, 1.54) is 29.0 Å². The van der Waals surface area contributed by atoms with Crippen LogP contribution in [-0.4, -0.2) is 4.98 Å². The second-order valence-corrected chi connectivity index (χ2v) is 4.62. The Hall–Kier alpha value is -1.90. The summed E-state index contributed by atoms with van der Waals surface area (Å²) in [7, 11) is 0. The Labute approximate surface area is 107 Å². The molecule has 1 heterocycles. The zero-order chi connectivity index (χ0) is 13.1. The van der Waals surface area contributed by atoms with Gasteiger partial charge in [0.25, 0.3) is 0 Å². The van der Waals surface area contributed by atoms with Crippen molar-refractivity contribution in [1.29, 1.82) is 0 Å². The number of nitrogens with one attached hydrogen (secondary N) is 1. The van der Waals surface area contributed by atoms with Gasteiger partial charge < -0.3 is 5.32 Å². The van der Waals surface area contributed by atoms with Gasteiger partial charge in [-0.05, 0) is 31.9 Å². The van der Waals surface area contributed by atoms with E-state index in [4.69, 9.17) is 0 Å². The highest BCUT2D eigenvalue weighted by molar-refractivity contribution is 5.44. The van der Waals surface area contributed by atoms with Crippen LogP contribution >= 0.6 is 0 Å². The summed E-state index contributed by atoms with van der Waals surface area (Å²) in [5.41, 5.74) is 4.39. The van der Waals surface area contributed by atoms with Crippen molar-refractivity contribution >= 4 is 5.69 Å². The highest BCUT2D eigenvalue weighted by Gasteiger charge is 2.08. The summed E-state index contributed by atoms with van der Waals surface area (Å²) in [6, 6.07) is 7.92. The van der Waals surface area contributed by atoms with Crippen molar-refractivity contribution in [3.63, 3.8) is 0 Å². The first-order valence-electron chi connectivity index (χ1n) is 6.00. The minimum Gasteiger partial charge on any atom is -0.377 e. The Morgan fingerprint density at radius 3 is 2.61 bits per heavy atom. The average molecular weight is 244 g/mol. The second-order valence-electron chi connectivity index (χ2n) is 4.62. The van der Waals surface area contributed by atoms with Gasteiger partial charge in [-0.1, -0.05) is 23.8 Å². The Bertz CT molecular complexity index is 552. The number of anilines is 1. The van der Waals surface area contributed by atoms with Crippen molar-refractivity contribution in [2.45, 2.75) is 26.8 Å². The van der Waals surface area contributed by atoms with Crippen molar-refractivity contribution in [3.05, 3.63) is 59.2 Å². The lowest BCUT2D eigenvalue weighted by Crippen LogP contribution is -2.08.